The van der Waals surface area contributed by atoms with Crippen molar-refractivity contribution in [3.05, 3.63) is 79.9 Å². The van der Waals surface area contributed by atoms with Crippen molar-refractivity contribution in [1.82, 2.24) is 10.4 Å². The summed E-state index contributed by atoms with van der Waals surface area (Å²) in [6, 6.07) is 13.3. The summed E-state index contributed by atoms with van der Waals surface area (Å²) >= 11 is 1.55. The highest BCUT2D eigenvalue weighted by atomic mass is 32.1. The van der Waals surface area contributed by atoms with Crippen LogP contribution < -0.4 is 11.2 Å². The summed E-state index contributed by atoms with van der Waals surface area (Å²) in [6.45, 7) is 7.99. The van der Waals surface area contributed by atoms with E-state index in [0.717, 1.165) is 15.3 Å². The monoisotopic (exact) mass is 446 g/mol. The summed E-state index contributed by atoms with van der Waals surface area (Å²) in [6.07, 6.45) is 0.938. The molecule has 1 aliphatic heterocycles. The van der Waals surface area contributed by atoms with E-state index in [2.05, 4.69) is 11.5 Å². The van der Waals surface area contributed by atoms with Crippen LogP contribution in [0.5, 0.6) is 0 Å². The summed E-state index contributed by atoms with van der Waals surface area (Å²) in [5.41, 5.74) is 12.1. The fourth-order valence-corrected chi connectivity index (χ4v) is 5.40. The molecule has 3 N–H and O–H groups in total. The number of carbonyl (C=O) groups is 2. The molecule has 2 aromatic rings. The molecule has 1 unspecified atom stereocenters. The Bertz CT molecular complexity index is 1210. The first-order valence-electron chi connectivity index (χ1n) is 10.5. The van der Waals surface area contributed by atoms with Crippen LogP contribution in [0, 0.1) is 30.6 Å². The van der Waals surface area contributed by atoms with Gasteiger partial charge < -0.3 is 5.73 Å². The lowest BCUT2D eigenvalue weighted by Crippen LogP contribution is -2.49. The number of benzene rings is 1. The van der Waals surface area contributed by atoms with Crippen LogP contribution in [0.15, 0.2) is 59.1 Å². The Morgan fingerprint density at radius 1 is 1.19 bits per heavy atom. The average molecular weight is 447 g/mol. The number of ketones is 1. The number of allylic oxidation sites excluding steroid dienone is 3. The van der Waals surface area contributed by atoms with Gasteiger partial charge in [-0.2, -0.15) is 5.26 Å². The first kappa shape index (κ1) is 21.8. The number of carbonyl (C=O) groups excluding carboxylic acids is 2. The number of hydrazine groups is 1. The standard InChI is InChI=1S/C25H26N4O2S/c1-14-5-8-16(9-6-14)24(31)28-29-18-11-25(3,4)12-19(30)22(18)21(17(13-26)23(29)27)20-10-7-15(2)32-20/h5-10,21H,11-12,27H2,1-4H3,(H,28,31). The SMILES string of the molecule is Cc1ccc(C(=O)NN2C(N)=C(C#N)C(c3ccc(C)s3)C3=C2CC(C)(C)CC3=O)cc1. The quantitative estimate of drug-likeness (QED) is 0.726. The van der Waals surface area contributed by atoms with Gasteiger partial charge in [0.05, 0.1) is 23.3 Å². The van der Waals surface area contributed by atoms with E-state index in [4.69, 9.17) is 5.73 Å². The van der Waals surface area contributed by atoms with Crippen molar-refractivity contribution in [3.8, 4) is 6.07 Å². The van der Waals surface area contributed by atoms with E-state index in [1.165, 1.54) is 5.01 Å². The molecule has 0 spiro atoms. The van der Waals surface area contributed by atoms with Crippen LogP contribution in [0.2, 0.25) is 0 Å². The fourth-order valence-electron chi connectivity index (χ4n) is 4.40. The van der Waals surface area contributed by atoms with Crippen LogP contribution >= 0.6 is 11.3 Å². The Morgan fingerprint density at radius 2 is 1.88 bits per heavy atom. The van der Waals surface area contributed by atoms with E-state index in [-0.39, 0.29) is 28.5 Å². The number of Topliss-reactive ketones (excluding diaryl/α,β-unsaturated/α-hetero) is 1. The van der Waals surface area contributed by atoms with Gasteiger partial charge in [-0.05, 0) is 49.9 Å². The Kier molecular flexibility index (Phi) is 5.43. The number of nitriles is 1. The molecular weight excluding hydrogens is 420 g/mol. The van der Waals surface area contributed by atoms with Crippen LogP contribution in [0.1, 0.15) is 58.3 Å². The van der Waals surface area contributed by atoms with Gasteiger partial charge in [0.1, 0.15) is 5.82 Å². The van der Waals surface area contributed by atoms with E-state index < -0.39 is 5.92 Å². The number of nitrogens with one attached hydrogen (secondary N) is 1. The highest BCUT2D eigenvalue weighted by molar-refractivity contribution is 7.12. The average Bonchev–Trinajstić information content (AvgIpc) is 3.15. The third kappa shape index (κ3) is 3.82. The second-order valence-electron chi connectivity index (χ2n) is 9.24. The number of nitrogens with two attached hydrogens (primary N) is 1. The van der Waals surface area contributed by atoms with Crippen LogP contribution in [-0.4, -0.2) is 16.7 Å². The van der Waals surface area contributed by atoms with Crippen molar-refractivity contribution in [2.45, 2.75) is 46.5 Å². The van der Waals surface area contributed by atoms with Gasteiger partial charge in [0, 0.05) is 27.3 Å². The molecule has 1 aromatic heterocycles. The van der Waals surface area contributed by atoms with Crippen molar-refractivity contribution < 1.29 is 9.59 Å². The molecule has 2 heterocycles. The highest BCUT2D eigenvalue weighted by Gasteiger charge is 2.45. The number of thiophene rings is 1. The molecule has 7 heteroatoms. The number of rotatable bonds is 3. The third-order valence-corrected chi connectivity index (χ3v) is 7.02. The second-order valence-corrected chi connectivity index (χ2v) is 10.6. The molecule has 1 aromatic carbocycles. The largest absolute Gasteiger partial charge is 0.383 e. The molecule has 6 nitrogen and oxygen atoms in total. The van der Waals surface area contributed by atoms with Gasteiger partial charge >= 0.3 is 0 Å². The van der Waals surface area contributed by atoms with E-state index in [9.17, 15) is 14.9 Å². The van der Waals surface area contributed by atoms with Gasteiger partial charge in [-0.25, -0.2) is 5.01 Å². The molecule has 164 valence electrons. The van der Waals surface area contributed by atoms with Gasteiger partial charge in [0.25, 0.3) is 5.91 Å². The Hall–Kier alpha value is -3.37. The maximum Gasteiger partial charge on any atom is 0.270 e. The molecule has 2 aliphatic rings. The van der Waals surface area contributed by atoms with E-state index in [1.54, 1.807) is 23.5 Å². The van der Waals surface area contributed by atoms with Crippen LogP contribution in [0.3, 0.4) is 0 Å². The van der Waals surface area contributed by atoms with Crippen molar-refractivity contribution in [2.75, 3.05) is 0 Å². The minimum Gasteiger partial charge on any atom is -0.383 e. The van der Waals surface area contributed by atoms with E-state index >= 15 is 0 Å². The third-order valence-electron chi connectivity index (χ3n) is 5.95. The number of amides is 1. The summed E-state index contributed by atoms with van der Waals surface area (Å²) in [5, 5.41) is 11.5. The van der Waals surface area contributed by atoms with Crippen molar-refractivity contribution in [1.29, 1.82) is 5.26 Å². The number of hydrogen-bond acceptors (Lipinski definition) is 6. The molecule has 0 fully saturated rings. The van der Waals surface area contributed by atoms with Crippen molar-refractivity contribution >= 4 is 23.0 Å². The maximum atomic E-state index is 13.4. The smallest absolute Gasteiger partial charge is 0.270 e. The minimum atomic E-state index is -0.509. The molecule has 0 saturated carbocycles. The predicted molar refractivity (Wildman–Crippen MR) is 124 cm³/mol. The molecule has 1 atom stereocenters. The predicted octanol–water partition coefficient (Wildman–Crippen LogP) is 4.45. The normalized spacial score (nSPS) is 20.2. The molecular formula is C25H26N4O2S. The molecule has 4 rings (SSSR count). The summed E-state index contributed by atoms with van der Waals surface area (Å²) < 4.78 is 0. The van der Waals surface area contributed by atoms with Gasteiger partial charge in [-0.15, -0.1) is 11.3 Å². The molecule has 0 saturated heterocycles. The first-order chi connectivity index (χ1) is 15.1. The number of hydrogen-bond donors (Lipinski definition) is 2. The number of aryl methyl sites for hydroxylation is 2. The molecule has 1 amide bonds. The minimum absolute atomic E-state index is 0.0119. The zero-order valence-corrected chi connectivity index (χ0v) is 19.5. The number of nitrogens with zero attached hydrogens (tertiary/aromatic N) is 2. The lowest BCUT2D eigenvalue weighted by atomic mass is 9.70. The van der Waals surface area contributed by atoms with Gasteiger partial charge in [0.15, 0.2) is 5.78 Å². The fraction of sp³-hybridized carbons (Fsp3) is 0.320. The lowest BCUT2D eigenvalue weighted by molar-refractivity contribution is -0.118. The summed E-state index contributed by atoms with van der Waals surface area (Å²) in [7, 11) is 0. The molecule has 0 bridgehead atoms. The van der Waals surface area contributed by atoms with Gasteiger partial charge in [0.2, 0.25) is 0 Å². The van der Waals surface area contributed by atoms with Crippen LogP contribution in [-0.2, 0) is 4.79 Å². The summed E-state index contributed by atoms with van der Waals surface area (Å²) in [4.78, 5) is 28.4. The Balaban J connectivity index is 1.84. The van der Waals surface area contributed by atoms with Gasteiger partial charge in [-0.3, -0.25) is 15.0 Å². The summed E-state index contributed by atoms with van der Waals surface area (Å²) in [5.74, 6) is -0.710. The zero-order valence-electron chi connectivity index (χ0n) is 18.7. The Labute approximate surface area is 192 Å². The molecule has 0 radical (unpaired) electrons. The van der Waals surface area contributed by atoms with Crippen LogP contribution in [0.4, 0.5) is 0 Å². The highest BCUT2D eigenvalue weighted by Crippen LogP contribution is 2.49. The molecule has 32 heavy (non-hydrogen) atoms. The van der Waals surface area contributed by atoms with E-state index in [0.29, 0.717) is 29.7 Å². The maximum absolute atomic E-state index is 13.4. The zero-order chi connectivity index (χ0) is 23.2. The van der Waals surface area contributed by atoms with Crippen molar-refractivity contribution in [3.63, 3.8) is 0 Å². The van der Waals surface area contributed by atoms with E-state index in [1.807, 2.05) is 52.0 Å². The van der Waals surface area contributed by atoms with Crippen LogP contribution in [0.25, 0.3) is 0 Å². The second kappa shape index (κ2) is 7.95. The lowest BCUT2D eigenvalue weighted by Gasteiger charge is -2.43. The van der Waals surface area contributed by atoms with Gasteiger partial charge in [-0.1, -0.05) is 31.5 Å². The van der Waals surface area contributed by atoms with Crippen molar-refractivity contribution in [2.24, 2.45) is 11.1 Å². The topological polar surface area (TPSA) is 99.2 Å². The molecule has 1 aliphatic carbocycles. The first-order valence-corrected chi connectivity index (χ1v) is 11.3. The Morgan fingerprint density at radius 3 is 2.47 bits per heavy atom.